The Balaban J connectivity index is 2.46. The Kier molecular flexibility index (Phi) is 3.42. The van der Waals surface area contributed by atoms with Crippen molar-refractivity contribution < 1.29 is 14.6 Å². The van der Waals surface area contributed by atoms with Crippen LogP contribution in [0.15, 0.2) is 36.4 Å². The van der Waals surface area contributed by atoms with Crippen molar-refractivity contribution in [1.82, 2.24) is 0 Å². The van der Waals surface area contributed by atoms with Gasteiger partial charge in [0.2, 0.25) is 0 Å². The van der Waals surface area contributed by atoms with E-state index in [1.807, 2.05) is 32.0 Å². The highest BCUT2D eigenvalue weighted by molar-refractivity contribution is 5.93. The second kappa shape index (κ2) is 5.02. The number of anilines is 1. The predicted molar refractivity (Wildman–Crippen MR) is 73.8 cm³/mol. The Morgan fingerprint density at radius 3 is 2.58 bits per heavy atom. The van der Waals surface area contributed by atoms with Gasteiger partial charge >= 0.3 is 5.97 Å². The van der Waals surface area contributed by atoms with E-state index in [9.17, 15) is 4.79 Å². The van der Waals surface area contributed by atoms with Gasteiger partial charge in [0.1, 0.15) is 11.3 Å². The van der Waals surface area contributed by atoms with Crippen LogP contribution in [0.3, 0.4) is 0 Å². The van der Waals surface area contributed by atoms with E-state index in [4.69, 9.17) is 15.6 Å². The molecule has 0 aliphatic heterocycles. The summed E-state index contributed by atoms with van der Waals surface area (Å²) in [6.45, 7) is 3.89. The maximum Gasteiger partial charge on any atom is 0.339 e. The zero-order valence-corrected chi connectivity index (χ0v) is 10.8. The van der Waals surface area contributed by atoms with Crippen LogP contribution in [-0.4, -0.2) is 11.1 Å². The largest absolute Gasteiger partial charge is 0.478 e. The van der Waals surface area contributed by atoms with E-state index >= 15 is 0 Å². The Bertz CT molecular complexity index is 635. The van der Waals surface area contributed by atoms with Crippen LogP contribution in [0.25, 0.3) is 0 Å². The lowest BCUT2D eigenvalue weighted by Crippen LogP contribution is -2.03. The summed E-state index contributed by atoms with van der Waals surface area (Å²) >= 11 is 0. The van der Waals surface area contributed by atoms with E-state index in [-0.39, 0.29) is 11.3 Å². The lowest BCUT2D eigenvalue weighted by atomic mass is 10.1. The lowest BCUT2D eigenvalue weighted by molar-refractivity contribution is 0.0694. The Labute approximate surface area is 111 Å². The normalized spacial score (nSPS) is 10.2. The number of ether oxygens (including phenoxy) is 1. The standard InChI is InChI=1S/C15H15NO3/c1-9-6-7-13(10(2)8-9)19-14-11(15(17)18)4-3-5-12(14)16/h3-8H,16H2,1-2H3,(H,17,18). The number of rotatable bonds is 3. The summed E-state index contributed by atoms with van der Waals surface area (Å²) in [5, 5.41) is 9.15. The maximum atomic E-state index is 11.2. The van der Waals surface area contributed by atoms with Crippen LogP contribution in [0, 0.1) is 13.8 Å². The van der Waals surface area contributed by atoms with Crippen LogP contribution in [-0.2, 0) is 0 Å². The van der Waals surface area contributed by atoms with E-state index < -0.39 is 5.97 Å². The van der Waals surface area contributed by atoms with Crippen molar-refractivity contribution in [1.29, 1.82) is 0 Å². The number of nitrogen functional groups attached to an aromatic ring is 1. The molecule has 0 amide bonds. The van der Waals surface area contributed by atoms with Gasteiger partial charge in [0.05, 0.1) is 5.69 Å². The Morgan fingerprint density at radius 1 is 1.21 bits per heavy atom. The highest BCUT2D eigenvalue weighted by Crippen LogP contribution is 2.33. The molecule has 0 bridgehead atoms. The van der Waals surface area contributed by atoms with E-state index in [0.29, 0.717) is 11.4 Å². The van der Waals surface area contributed by atoms with Gasteiger partial charge in [-0.1, -0.05) is 23.8 Å². The SMILES string of the molecule is Cc1ccc(Oc2c(N)cccc2C(=O)O)c(C)c1. The molecule has 0 spiro atoms. The molecule has 19 heavy (non-hydrogen) atoms. The van der Waals surface area contributed by atoms with Gasteiger partial charge in [0.15, 0.2) is 5.75 Å². The fourth-order valence-corrected chi connectivity index (χ4v) is 1.86. The number of hydrogen-bond donors (Lipinski definition) is 2. The smallest absolute Gasteiger partial charge is 0.339 e. The molecule has 0 atom stereocenters. The van der Waals surface area contributed by atoms with Crippen molar-refractivity contribution in [2.75, 3.05) is 5.73 Å². The van der Waals surface area contributed by atoms with Gasteiger partial charge in [-0.25, -0.2) is 4.79 Å². The summed E-state index contributed by atoms with van der Waals surface area (Å²) in [4.78, 5) is 11.2. The predicted octanol–water partition coefficient (Wildman–Crippen LogP) is 3.38. The molecule has 0 aliphatic rings. The number of aryl methyl sites for hydroxylation is 2. The van der Waals surface area contributed by atoms with E-state index in [1.54, 1.807) is 12.1 Å². The van der Waals surface area contributed by atoms with E-state index in [2.05, 4.69) is 0 Å². The minimum atomic E-state index is -1.06. The molecule has 0 radical (unpaired) electrons. The van der Waals surface area contributed by atoms with Gasteiger partial charge in [0.25, 0.3) is 0 Å². The van der Waals surface area contributed by atoms with Gasteiger partial charge in [-0.05, 0) is 37.6 Å². The quantitative estimate of drug-likeness (QED) is 0.827. The van der Waals surface area contributed by atoms with Crippen molar-refractivity contribution in [3.8, 4) is 11.5 Å². The fraction of sp³-hybridized carbons (Fsp3) is 0.133. The Morgan fingerprint density at radius 2 is 1.95 bits per heavy atom. The molecule has 2 aromatic carbocycles. The van der Waals surface area contributed by atoms with Crippen molar-refractivity contribution in [2.45, 2.75) is 13.8 Å². The molecule has 0 heterocycles. The van der Waals surface area contributed by atoms with Crippen molar-refractivity contribution >= 4 is 11.7 Å². The molecule has 0 saturated heterocycles. The molecule has 2 aromatic rings. The molecule has 4 heteroatoms. The molecule has 98 valence electrons. The number of nitrogens with two attached hydrogens (primary N) is 1. The van der Waals surface area contributed by atoms with Crippen LogP contribution in [0.1, 0.15) is 21.5 Å². The second-order valence-corrected chi connectivity index (χ2v) is 4.40. The molecule has 0 saturated carbocycles. The molecule has 3 N–H and O–H groups in total. The summed E-state index contributed by atoms with van der Waals surface area (Å²) in [6.07, 6.45) is 0. The zero-order valence-electron chi connectivity index (χ0n) is 10.8. The van der Waals surface area contributed by atoms with Gasteiger partial charge in [0, 0.05) is 0 Å². The number of hydrogen-bond acceptors (Lipinski definition) is 3. The van der Waals surface area contributed by atoms with Gasteiger partial charge in [-0.15, -0.1) is 0 Å². The molecular weight excluding hydrogens is 242 g/mol. The first-order valence-corrected chi connectivity index (χ1v) is 5.86. The summed E-state index contributed by atoms with van der Waals surface area (Å²) in [7, 11) is 0. The number of carboxylic acid groups (broad SMARTS) is 1. The van der Waals surface area contributed by atoms with Crippen molar-refractivity contribution in [2.24, 2.45) is 0 Å². The minimum absolute atomic E-state index is 0.0555. The molecule has 0 fully saturated rings. The molecule has 0 aliphatic carbocycles. The molecule has 0 unspecified atom stereocenters. The number of carbonyl (C=O) groups is 1. The monoisotopic (exact) mass is 257 g/mol. The number of carboxylic acids is 1. The third kappa shape index (κ3) is 2.68. The van der Waals surface area contributed by atoms with Crippen LogP contribution in [0.5, 0.6) is 11.5 Å². The molecular formula is C15H15NO3. The summed E-state index contributed by atoms with van der Waals surface area (Å²) in [6, 6.07) is 10.4. The van der Waals surface area contributed by atoms with Crippen molar-refractivity contribution in [3.05, 3.63) is 53.1 Å². The summed E-state index contributed by atoms with van der Waals surface area (Å²) in [5.74, 6) is -0.278. The maximum absolute atomic E-state index is 11.2. The first kappa shape index (κ1) is 13.0. The topological polar surface area (TPSA) is 72.5 Å². The third-order valence-electron chi connectivity index (χ3n) is 2.82. The second-order valence-electron chi connectivity index (χ2n) is 4.40. The van der Waals surface area contributed by atoms with Gasteiger partial charge in [-0.2, -0.15) is 0 Å². The number of benzene rings is 2. The van der Waals surface area contributed by atoms with Crippen LogP contribution < -0.4 is 10.5 Å². The highest BCUT2D eigenvalue weighted by Gasteiger charge is 2.15. The lowest BCUT2D eigenvalue weighted by Gasteiger charge is -2.13. The Hall–Kier alpha value is -2.49. The molecule has 2 rings (SSSR count). The molecule has 0 aromatic heterocycles. The molecule has 4 nitrogen and oxygen atoms in total. The fourth-order valence-electron chi connectivity index (χ4n) is 1.86. The number of para-hydroxylation sites is 1. The average molecular weight is 257 g/mol. The van der Waals surface area contributed by atoms with Crippen LogP contribution in [0.2, 0.25) is 0 Å². The first-order valence-electron chi connectivity index (χ1n) is 5.86. The van der Waals surface area contributed by atoms with Gasteiger partial charge in [-0.3, -0.25) is 0 Å². The van der Waals surface area contributed by atoms with Crippen LogP contribution in [0.4, 0.5) is 5.69 Å². The third-order valence-corrected chi connectivity index (χ3v) is 2.82. The average Bonchev–Trinajstić information content (AvgIpc) is 2.34. The summed E-state index contributed by atoms with van der Waals surface area (Å²) in [5.41, 5.74) is 8.20. The zero-order chi connectivity index (χ0) is 14.0. The van der Waals surface area contributed by atoms with E-state index in [0.717, 1.165) is 11.1 Å². The van der Waals surface area contributed by atoms with Gasteiger partial charge < -0.3 is 15.6 Å². The van der Waals surface area contributed by atoms with Crippen molar-refractivity contribution in [3.63, 3.8) is 0 Å². The van der Waals surface area contributed by atoms with E-state index in [1.165, 1.54) is 6.07 Å². The minimum Gasteiger partial charge on any atom is -0.478 e. The van der Waals surface area contributed by atoms with Crippen LogP contribution >= 0.6 is 0 Å². The summed E-state index contributed by atoms with van der Waals surface area (Å²) < 4.78 is 5.68. The highest BCUT2D eigenvalue weighted by atomic mass is 16.5. The first-order chi connectivity index (χ1) is 8.99. The number of aromatic carboxylic acids is 1.